The number of carbonyl (C=O) groups excluding carboxylic acids is 1. The third kappa shape index (κ3) is 5.48. The molecule has 30 heavy (non-hydrogen) atoms. The number of aryl methyl sites for hydroxylation is 1. The quantitative estimate of drug-likeness (QED) is 0.550. The lowest BCUT2D eigenvalue weighted by Crippen LogP contribution is -2.33. The molecule has 162 valence electrons. The van der Waals surface area contributed by atoms with E-state index in [1.54, 1.807) is 0 Å². The Morgan fingerprint density at radius 3 is 2.17 bits per heavy atom. The van der Waals surface area contributed by atoms with Gasteiger partial charge in [0.1, 0.15) is 11.1 Å². The Morgan fingerprint density at radius 1 is 1.10 bits per heavy atom. The number of benzene rings is 1. The molecule has 2 aromatic rings. The van der Waals surface area contributed by atoms with Gasteiger partial charge in [-0.05, 0) is 56.5 Å². The van der Waals surface area contributed by atoms with Crippen molar-refractivity contribution in [3.63, 3.8) is 0 Å². The van der Waals surface area contributed by atoms with Gasteiger partial charge in [-0.3, -0.25) is 4.79 Å². The molecule has 1 aromatic heterocycles. The second-order valence-electron chi connectivity index (χ2n) is 7.19. The van der Waals surface area contributed by atoms with E-state index in [0.717, 1.165) is 36.1 Å². The number of sulfonamides is 1. The number of hydrogen-bond acceptors (Lipinski definition) is 5. The minimum Gasteiger partial charge on any atom is -0.312 e. The summed E-state index contributed by atoms with van der Waals surface area (Å²) in [7, 11) is -3.60. The maximum Gasteiger partial charge on any atom is 0.256 e. The number of rotatable bonds is 10. The molecular formula is C22H29N3O3S2. The summed E-state index contributed by atoms with van der Waals surface area (Å²) in [5.41, 5.74) is 1.67. The molecule has 2 rings (SSSR count). The molecule has 1 amide bonds. The molecule has 0 bridgehead atoms. The summed E-state index contributed by atoms with van der Waals surface area (Å²) in [6.45, 7) is 8.81. The van der Waals surface area contributed by atoms with Gasteiger partial charge in [0.15, 0.2) is 0 Å². The lowest BCUT2D eigenvalue weighted by atomic mass is 10.2. The van der Waals surface area contributed by atoms with Crippen LogP contribution in [-0.4, -0.2) is 31.7 Å². The number of thiophene rings is 1. The van der Waals surface area contributed by atoms with Crippen molar-refractivity contribution in [3.05, 3.63) is 45.8 Å². The average molecular weight is 448 g/mol. The van der Waals surface area contributed by atoms with Crippen molar-refractivity contribution in [1.82, 2.24) is 4.31 Å². The van der Waals surface area contributed by atoms with Gasteiger partial charge in [0, 0.05) is 23.5 Å². The van der Waals surface area contributed by atoms with Gasteiger partial charge in [0.2, 0.25) is 10.0 Å². The summed E-state index contributed by atoms with van der Waals surface area (Å²) in [6.07, 6.45) is 3.46. The molecule has 0 saturated heterocycles. The summed E-state index contributed by atoms with van der Waals surface area (Å²) in [5.74, 6) is -0.370. The third-order valence-electron chi connectivity index (χ3n) is 5.00. The summed E-state index contributed by atoms with van der Waals surface area (Å²) < 4.78 is 27.6. The van der Waals surface area contributed by atoms with Crippen LogP contribution >= 0.6 is 11.3 Å². The highest BCUT2D eigenvalue weighted by molar-refractivity contribution is 7.89. The number of anilines is 1. The first-order valence-electron chi connectivity index (χ1n) is 10.2. The monoisotopic (exact) mass is 447 g/mol. The van der Waals surface area contributed by atoms with Crippen molar-refractivity contribution in [2.24, 2.45) is 0 Å². The SMILES string of the molecule is CCCCN(CCCC)S(=O)(=O)c1ccc(C(=O)Nc2sc(C)c(C)c2C#N)cc1. The van der Waals surface area contributed by atoms with E-state index in [9.17, 15) is 18.5 Å². The predicted molar refractivity (Wildman–Crippen MR) is 121 cm³/mol. The highest BCUT2D eigenvalue weighted by Crippen LogP contribution is 2.32. The summed E-state index contributed by atoms with van der Waals surface area (Å²) in [5, 5.41) is 12.6. The van der Waals surface area contributed by atoms with Crippen LogP contribution in [0.5, 0.6) is 0 Å². The number of carbonyl (C=O) groups is 1. The summed E-state index contributed by atoms with van der Waals surface area (Å²) >= 11 is 1.36. The fourth-order valence-electron chi connectivity index (χ4n) is 2.97. The first-order valence-corrected chi connectivity index (χ1v) is 12.4. The second-order valence-corrected chi connectivity index (χ2v) is 10.4. The topological polar surface area (TPSA) is 90.3 Å². The Kier molecular flexibility index (Phi) is 8.59. The Morgan fingerprint density at radius 2 is 1.67 bits per heavy atom. The molecule has 0 unspecified atom stereocenters. The van der Waals surface area contributed by atoms with Crippen LogP contribution in [0.15, 0.2) is 29.2 Å². The zero-order valence-corrected chi connectivity index (χ0v) is 19.6. The van der Waals surface area contributed by atoms with Crippen LogP contribution in [0.25, 0.3) is 0 Å². The molecule has 1 N–H and O–H groups in total. The minimum atomic E-state index is -3.60. The van der Waals surface area contributed by atoms with Crippen molar-refractivity contribution in [2.75, 3.05) is 18.4 Å². The molecule has 0 fully saturated rings. The molecule has 0 atom stereocenters. The minimum absolute atomic E-state index is 0.187. The molecule has 0 saturated carbocycles. The van der Waals surface area contributed by atoms with Crippen LogP contribution < -0.4 is 5.32 Å². The van der Waals surface area contributed by atoms with Crippen LogP contribution in [0.3, 0.4) is 0 Å². The van der Waals surface area contributed by atoms with Gasteiger partial charge in [-0.1, -0.05) is 26.7 Å². The standard InChI is InChI=1S/C22H29N3O3S2/c1-5-7-13-25(14-8-6-2)30(27,28)19-11-9-18(10-12-19)21(26)24-22-20(15-23)16(3)17(4)29-22/h9-12H,5-8,13-14H2,1-4H3,(H,24,26). The lowest BCUT2D eigenvalue weighted by Gasteiger charge is -2.22. The number of amides is 1. The van der Waals surface area contributed by atoms with E-state index in [1.807, 2.05) is 27.7 Å². The van der Waals surface area contributed by atoms with Gasteiger partial charge < -0.3 is 5.32 Å². The number of hydrogen-bond donors (Lipinski definition) is 1. The van der Waals surface area contributed by atoms with Crippen molar-refractivity contribution in [3.8, 4) is 6.07 Å². The van der Waals surface area contributed by atoms with Gasteiger partial charge in [0.25, 0.3) is 5.91 Å². The van der Waals surface area contributed by atoms with Gasteiger partial charge in [-0.25, -0.2) is 8.42 Å². The van der Waals surface area contributed by atoms with Gasteiger partial charge >= 0.3 is 0 Å². The maximum absolute atomic E-state index is 13.0. The van der Waals surface area contributed by atoms with Crippen molar-refractivity contribution in [2.45, 2.75) is 58.3 Å². The number of nitriles is 1. The largest absolute Gasteiger partial charge is 0.312 e. The Hall–Kier alpha value is -2.21. The van der Waals surface area contributed by atoms with E-state index < -0.39 is 10.0 Å². The molecular weight excluding hydrogens is 418 g/mol. The van der Waals surface area contributed by atoms with E-state index in [2.05, 4.69) is 11.4 Å². The van der Waals surface area contributed by atoms with E-state index in [0.29, 0.717) is 29.2 Å². The fourth-order valence-corrected chi connectivity index (χ4v) is 5.50. The zero-order chi connectivity index (χ0) is 22.3. The van der Waals surface area contributed by atoms with E-state index in [4.69, 9.17) is 0 Å². The summed E-state index contributed by atoms with van der Waals surface area (Å²) in [4.78, 5) is 13.8. The van der Waals surface area contributed by atoms with Crippen LogP contribution in [0, 0.1) is 25.2 Å². The van der Waals surface area contributed by atoms with Crippen molar-refractivity contribution >= 4 is 32.3 Å². The Balaban J connectivity index is 2.21. The lowest BCUT2D eigenvalue weighted by molar-refractivity contribution is 0.102. The van der Waals surface area contributed by atoms with Gasteiger partial charge in [-0.2, -0.15) is 9.57 Å². The molecule has 0 aliphatic carbocycles. The van der Waals surface area contributed by atoms with Crippen LogP contribution in [0.2, 0.25) is 0 Å². The van der Waals surface area contributed by atoms with Crippen molar-refractivity contribution < 1.29 is 13.2 Å². The van der Waals surface area contributed by atoms with Crippen LogP contribution in [-0.2, 0) is 10.0 Å². The molecule has 6 nitrogen and oxygen atoms in total. The first-order chi connectivity index (χ1) is 14.3. The third-order valence-corrected chi connectivity index (χ3v) is 8.04. The number of unbranched alkanes of at least 4 members (excludes halogenated alkanes) is 2. The maximum atomic E-state index is 13.0. The molecule has 1 heterocycles. The molecule has 8 heteroatoms. The normalized spacial score (nSPS) is 11.5. The molecule has 0 spiro atoms. The van der Waals surface area contributed by atoms with Crippen LogP contribution in [0.4, 0.5) is 5.00 Å². The van der Waals surface area contributed by atoms with Gasteiger partial charge in [0.05, 0.1) is 10.5 Å². The zero-order valence-electron chi connectivity index (χ0n) is 18.0. The van der Waals surface area contributed by atoms with E-state index >= 15 is 0 Å². The number of nitrogens with one attached hydrogen (secondary N) is 1. The van der Waals surface area contributed by atoms with Gasteiger partial charge in [-0.15, -0.1) is 11.3 Å². The summed E-state index contributed by atoms with van der Waals surface area (Å²) in [6, 6.07) is 8.11. The van der Waals surface area contributed by atoms with Crippen LogP contribution in [0.1, 0.15) is 65.9 Å². The fraction of sp³-hybridized carbons (Fsp3) is 0.455. The second kappa shape index (κ2) is 10.7. The number of nitrogens with zero attached hydrogens (tertiary/aromatic N) is 2. The van der Waals surface area contributed by atoms with Crippen molar-refractivity contribution in [1.29, 1.82) is 5.26 Å². The molecule has 0 radical (unpaired) electrons. The van der Waals surface area contributed by atoms with E-state index in [1.165, 1.54) is 39.9 Å². The van der Waals surface area contributed by atoms with E-state index in [-0.39, 0.29) is 10.8 Å². The smallest absolute Gasteiger partial charge is 0.256 e. The molecule has 1 aromatic carbocycles. The molecule has 0 aliphatic rings. The predicted octanol–water partition coefficient (Wildman–Crippen LogP) is 5.08. The Bertz CT molecular complexity index is 1010. The highest BCUT2D eigenvalue weighted by atomic mass is 32.2. The first kappa shape index (κ1) is 24.1. The average Bonchev–Trinajstić information content (AvgIpc) is 3.00. The highest BCUT2D eigenvalue weighted by Gasteiger charge is 2.24. The Labute approximate surface area is 183 Å². The molecule has 0 aliphatic heterocycles.